The number of anilines is 1. The van der Waals surface area contributed by atoms with E-state index in [0.717, 1.165) is 30.4 Å². The molecule has 1 aliphatic carbocycles. The van der Waals surface area contributed by atoms with Crippen molar-refractivity contribution < 1.29 is 0 Å². The SMILES string of the molecule is Cc1cccc(-c2nc(C3CCN(C)CC3)sc2-c2ccnc(NC3CCCCC3)n2)c1. The molecule has 5 rings (SSSR count). The molecule has 1 N–H and O–H groups in total. The fourth-order valence-corrected chi connectivity index (χ4v) is 6.14. The third kappa shape index (κ3) is 4.86. The number of benzene rings is 1. The highest BCUT2D eigenvalue weighted by atomic mass is 32.1. The molecule has 32 heavy (non-hydrogen) atoms. The second-order valence-corrected chi connectivity index (χ2v) is 10.5. The Morgan fingerprint density at radius 1 is 1.00 bits per heavy atom. The molecule has 0 amide bonds. The Bertz CT molecular complexity index is 1050. The van der Waals surface area contributed by atoms with Crippen LogP contribution in [0.4, 0.5) is 5.95 Å². The summed E-state index contributed by atoms with van der Waals surface area (Å²) in [6.07, 6.45) is 10.6. The Labute approximate surface area is 195 Å². The molecule has 2 fully saturated rings. The van der Waals surface area contributed by atoms with E-state index >= 15 is 0 Å². The van der Waals surface area contributed by atoms with Crippen LogP contribution in [-0.4, -0.2) is 46.0 Å². The number of thiazole rings is 1. The number of rotatable bonds is 5. The van der Waals surface area contributed by atoms with Crippen molar-refractivity contribution in [3.05, 3.63) is 47.1 Å². The van der Waals surface area contributed by atoms with Gasteiger partial charge in [0.25, 0.3) is 0 Å². The molecule has 0 spiro atoms. The van der Waals surface area contributed by atoms with Crippen molar-refractivity contribution >= 4 is 17.3 Å². The number of hydrogen-bond donors (Lipinski definition) is 1. The van der Waals surface area contributed by atoms with Crippen molar-refractivity contribution in [3.8, 4) is 21.8 Å². The third-order valence-corrected chi connectivity index (χ3v) is 8.07. The fraction of sp³-hybridized carbons (Fsp3) is 0.500. The first-order chi connectivity index (χ1) is 15.7. The molecule has 168 valence electrons. The van der Waals surface area contributed by atoms with Gasteiger partial charge in [0.05, 0.1) is 21.3 Å². The monoisotopic (exact) mass is 447 g/mol. The minimum Gasteiger partial charge on any atom is -0.351 e. The van der Waals surface area contributed by atoms with Gasteiger partial charge in [-0.3, -0.25) is 0 Å². The molecular formula is C26H33N5S. The smallest absolute Gasteiger partial charge is 0.223 e. The average molecular weight is 448 g/mol. The van der Waals surface area contributed by atoms with E-state index in [1.165, 1.54) is 66.0 Å². The van der Waals surface area contributed by atoms with Crippen molar-refractivity contribution in [1.29, 1.82) is 0 Å². The van der Waals surface area contributed by atoms with Gasteiger partial charge in [-0.2, -0.15) is 0 Å². The molecule has 5 nitrogen and oxygen atoms in total. The van der Waals surface area contributed by atoms with Gasteiger partial charge in [0, 0.05) is 23.7 Å². The average Bonchev–Trinajstić information content (AvgIpc) is 3.26. The molecule has 2 aromatic heterocycles. The van der Waals surface area contributed by atoms with Crippen LogP contribution < -0.4 is 5.32 Å². The van der Waals surface area contributed by atoms with E-state index in [0.29, 0.717) is 12.0 Å². The minimum atomic E-state index is 0.492. The van der Waals surface area contributed by atoms with Gasteiger partial charge < -0.3 is 10.2 Å². The van der Waals surface area contributed by atoms with Gasteiger partial charge in [-0.25, -0.2) is 15.0 Å². The maximum absolute atomic E-state index is 5.21. The summed E-state index contributed by atoms with van der Waals surface area (Å²) in [5.74, 6) is 1.29. The van der Waals surface area contributed by atoms with Gasteiger partial charge in [-0.1, -0.05) is 43.0 Å². The second kappa shape index (κ2) is 9.67. The molecule has 1 saturated heterocycles. The minimum absolute atomic E-state index is 0.492. The molecule has 6 heteroatoms. The molecule has 3 heterocycles. The van der Waals surface area contributed by atoms with Gasteiger partial charge in [-0.15, -0.1) is 11.3 Å². The Hall–Kier alpha value is -2.31. The number of likely N-dealkylation sites (tertiary alicyclic amines) is 1. The lowest BCUT2D eigenvalue weighted by Gasteiger charge is -2.27. The summed E-state index contributed by atoms with van der Waals surface area (Å²) >= 11 is 1.83. The van der Waals surface area contributed by atoms with E-state index in [1.54, 1.807) is 0 Å². The molecule has 0 radical (unpaired) electrons. The van der Waals surface area contributed by atoms with Crippen molar-refractivity contribution in [2.24, 2.45) is 0 Å². The summed E-state index contributed by atoms with van der Waals surface area (Å²) in [6.45, 7) is 4.43. The van der Waals surface area contributed by atoms with Crippen LogP contribution in [0.25, 0.3) is 21.8 Å². The summed E-state index contributed by atoms with van der Waals surface area (Å²) in [5, 5.41) is 4.85. The largest absolute Gasteiger partial charge is 0.351 e. The number of piperidine rings is 1. The molecule has 1 aromatic carbocycles. The first kappa shape index (κ1) is 21.5. The predicted molar refractivity (Wildman–Crippen MR) is 133 cm³/mol. The van der Waals surface area contributed by atoms with Gasteiger partial charge in [0.15, 0.2) is 0 Å². The highest BCUT2D eigenvalue weighted by Gasteiger charge is 2.25. The predicted octanol–water partition coefficient (Wildman–Crippen LogP) is 6.13. The molecule has 3 aromatic rings. The van der Waals surface area contributed by atoms with Crippen molar-refractivity contribution in [2.45, 2.75) is 63.8 Å². The lowest BCUT2D eigenvalue weighted by atomic mass is 9.96. The maximum Gasteiger partial charge on any atom is 0.223 e. The molecule has 0 atom stereocenters. The van der Waals surface area contributed by atoms with E-state index in [2.05, 4.69) is 53.4 Å². The van der Waals surface area contributed by atoms with Crippen LogP contribution in [0.1, 0.15) is 61.4 Å². The summed E-state index contributed by atoms with van der Waals surface area (Å²) in [5.41, 5.74) is 4.47. The van der Waals surface area contributed by atoms with E-state index in [9.17, 15) is 0 Å². The first-order valence-corrected chi connectivity index (χ1v) is 12.8. The molecule has 1 aliphatic heterocycles. The fourth-order valence-electron chi connectivity index (χ4n) is 4.91. The van der Waals surface area contributed by atoms with Crippen molar-refractivity contribution in [3.63, 3.8) is 0 Å². The van der Waals surface area contributed by atoms with Gasteiger partial charge >= 0.3 is 0 Å². The zero-order valence-electron chi connectivity index (χ0n) is 19.2. The summed E-state index contributed by atoms with van der Waals surface area (Å²) in [7, 11) is 2.21. The molecule has 0 bridgehead atoms. The molecular weight excluding hydrogens is 414 g/mol. The zero-order chi connectivity index (χ0) is 21.9. The van der Waals surface area contributed by atoms with Crippen LogP contribution >= 0.6 is 11.3 Å². The summed E-state index contributed by atoms with van der Waals surface area (Å²) in [6, 6.07) is 11.2. The van der Waals surface area contributed by atoms with Crippen LogP contribution in [0.5, 0.6) is 0 Å². The highest BCUT2D eigenvalue weighted by Crippen LogP contribution is 2.41. The Kier molecular flexibility index (Phi) is 6.51. The molecule has 2 aliphatic rings. The van der Waals surface area contributed by atoms with E-state index in [-0.39, 0.29) is 0 Å². The quantitative estimate of drug-likeness (QED) is 0.510. The normalized spacial score (nSPS) is 18.7. The first-order valence-electron chi connectivity index (χ1n) is 12.0. The maximum atomic E-state index is 5.21. The zero-order valence-corrected chi connectivity index (χ0v) is 20.0. The number of aryl methyl sites for hydroxylation is 1. The highest BCUT2D eigenvalue weighted by molar-refractivity contribution is 7.15. The van der Waals surface area contributed by atoms with Crippen molar-refractivity contribution in [1.82, 2.24) is 19.9 Å². The number of nitrogens with zero attached hydrogens (tertiary/aromatic N) is 4. The van der Waals surface area contributed by atoms with Crippen LogP contribution in [0.3, 0.4) is 0 Å². The Morgan fingerprint density at radius 2 is 1.81 bits per heavy atom. The van der Waals surface area contributed by atoms with Gasteiger partial charge in [-0.05, 0) is 64.9 Å². The summed E-state index contributed by atoms with van der Waals surface area (Å²) in [4.78, 5) is 18.3. The standard InChI is InChI=1S/C26H33N5S/c1-18-7-6-8-20(17-18)23-24(32-25(30-23)19-12-15-31(2)16-13-19)22-11-14-27-26(29-22)28-21-9-4-3-5-10-21/h6-8,11,14,17,19,21H,3-5,9-10,12-13,15-16H2,1-2H3,(H,27,28,29). The van der Waals surface area contributed by atoms with Crippen LogP contribution in [-0.2, 0) is 0 Å². The second-order valence-electron chi connectivity index (χ2n) is 9.42. The number of hydrogen-bond acceptors (Lipinski definition) is 6. The van der Waals surface area contributed by atoms with Crippen LogP contribution in [0.15, 0.2) is 36.5 Å². The van der Waals surface area contributed by atoms with Gasteiger partial charge in [0.2, 0.25) is 5.95 Å². The third-order valence-electron chi connectivity index (χ3n) is 6.83. The van der Waals surface area contributed by atoms with E-state index in [1.807, 2.05) is 23.6 Å². The molecule has 0 unspecified atom stereocenters. The lowest BCUT2D eigenvalue weighted by Crippen LogP contribution is -2.29. The number of nitrogens with one attached hydrogen (secondary N) is 1. The lowest BCUT2D eigenvalue weighted by molar-refractivity contribution is 0.255. The van der Waals surface area contributed by atoms with E-state index in [4.69, 9.17) is 9.97 Å². The van der Waals surface area contributed by atoms with Crippen molar-refractivity contribution in [2.75, 3.05) is 25.5 Å². The molecule has 1 saturated carbocycles. The van der Waals surface area contributed by atoms with Crippen LogP contribution in [0, 0.1) is 6.92 Å². The topological polar surface area (TPSA) is 53.9 Å². The Morgan fingerprint density at radius 3 is 2.59 bits per heavy atom. The van der Waals surface area contributed by atoms with E-state index < -0.39 is 0 Å². The summed E-state index contributed by atoms with van der Waals surface area (Å²) < 4.78 is 0. The van der Waals surface area contributed by atoms with Gasteiger partial charge in [0.1, 0.15) is 0 Å². The number of aromatic nitrogens is 3. The van der Waals surface area contributed by atoms with Crippen LogP contribution in [0.2, 0.25) is 0 Å². The Balaban J connectivity index is 1.50.